The van der Waals surface area contributed by atoms with Crippen LogP contribution in [0.2, 0.25) is 0 Å². The molecule has 0 unspecified atom stereocenters. The summed E-state index contributed by atoms with van der Waals surface area (Å²) in [5, 5.41) is 9.72. The number of amides is 2. The highest BCUT2D eigenvalue weighted by atomic mass is 16.5. The second-order valence-corrected chi connectivity index (χ2v) is 6.91. The number of nitrogens with one attached hydrogen (secondary N) is 2. The number of anilines is 1. The average molecular weight is 395 g/mol. The molecule has 1 aliphatic rings. The van der Waals surface area contributed by atoms with E-state index in [9.17, 15) is 4.79 Å². The minimum Gasteiger partial charge on any atom is -0.476 e. The van der Waals surface area contributed by atoms with E-state index in [1.54, 1.807) is 16.9 Å². The normalized spacial score (nSPS) is 14.2. The smallest absolute Gasteiger partial charge is 0.321 e. The fourth-order valence-corrected chi connectivity index (χ4v) is 3.40. The molecule has 29 heavy (non-hydrogen) atoms. The Hall–Kier alpha value is -3.20. The zero-order valence-electron chi connectivity index (χ0n) is 16.5. The molecule has 152 valence electrons. The van der Waals surface area contributed by atoms with Crippen LogP contribution >= 0.6 is 0 Å². The van der Waals surface area contributed by atoms with E-state index < -0.39 is 0 Å². The molecule has 0 bridgehead atoms. The number of carbonyl (C=O) groups is 1. The number of likely N-dealkylation sites (tertiary alicyclic amines) is 1. The molecule has 2 amide bonds. The molecule has 1 saturated heterocycles. The summed E-state index contributed by atoms with van der Waals surface area (Å²) < 4.78 is 7.70. The lowest BCUT2D eigenvalue weighted by Gasteiger charge is -2.15. The zero-order valence-corrected chi connectivity index (χ0v) is 16.5. The van der Waals surface area contributed by atoms with E-state index in [-0.39, 0.29) is 12.0 Å². The number of rotatable bonds is 7. The van der Waals surface area contributed by atoms with Crippen molar-refractivity contribution in [3.63, 3.8) is 0 Å². The predicted octanol–water partition coefficient (Wildman–Crippen LogP) is 2.41. The number of ether oxygens (including phenoxy) is 1. The number of carbonyl (C=O) groups excluding carboxylic acids is 1. The van der Waals surface area contributed by atoms with E-state index in [0.717, 1.165) is 30.8 Å². The first-order chi connectivity index (χ1) is 14.2. The quantitative estimate of drug-likeness (QED) is 0.638. The van der Waals surface area contributed by atoms with Crippen LogP contribution in [0.5, 0.6) is 5.88 Å². The minimum atomic E-state index is -0.340. The first-order valence-electron chi connectivity index (χ1n) is 9.94. The van der Waals surface area contributed by atoms with Crippen molar-refractivity contribution in [2.45, 2.75) is 19.8 Å². The molecule has 3 aromatic heterocycles. The SMILES string of the molecule is CCNC(=O)Nc1nc2cc(-c3cccnc3)cc(OCCN3CCCC3)n2n1. The molecule has 0 atom stereocenters. The number of nitrogens with zero attached hydrogens (tertiary/aromatic N) is 5. The Kier molecular flexibility index (Phi) is 5.85. The van der Waals surface area contributed by atoms with Gasteiger partial charge >= 0.3 is 6.03 Å². The van der Waals surface area contributed by atoms with Crippen molar-refractivity contribution in [3.05, 3.63) is 36.7 Å². The monoisotopic (exact) mass is 395 g/mol. The van der Waals surface area contributed by atoms with Gasteiger partial charge in [-0.05, 0) is 50.6 Å². The van der Waals surface area contributed by atoms with Crippen molar-refractivity contribution in [3.8, 4) is 17.0 Å². The third-order valence-corrected chi connectivity index (χ3v) is 4.82. The molecular weight excluding hydrogens is 370 g/mol. The topological polar surface area (TPSA) is 96.7 Å². The van der Waals surface area contributed by atoms with Crippen LogP contribution in [0.1, 0.15) is 19.8 Å². The van der Waals surface area contributed by atoms with Gasteiger partial charge in [0.15, 0.2) is 5.65 Å². The molecule has 3 aromatic rings. The highest BCUT2D eigenvalue weighted by Crippen LogP contribution is 2.26. The summed E-state index contributed by atoms with van der Waals surface area (Å²) in [5.74, 6) is 0.806. The number of fused-ring (bicyclic) bond motifs is 1. The van der Waals surface area contributed by atoms with E-state index in [1.165, 1.54) is 12.8 Å². The lowest BCUT2D eigenvalue weighted by Crippen LogP contribution is -2.28. The lowest BCUT2D eigenvalue weighted by atomic mass is 10.1. The van der Waals surface area contributed by atoms with Gasteiger partial charge in [-0.2, -0.15) is 9.50 Å². The first-order valence-corrected chi connectivity index (χ1v) is 9.94. The Labute approximate surface area is 169 Å². The molecule has 0 spiro atoms. The van der Waals surface area contributed by atoms with Crippen molar-refractivity contribution < 1.29 is 9.53 Å². The molecule has 2 N–H and O–H groups in total. The molecule has 0 aromatic carbocycles. The molecule has 9 nitrogen and oxygen atoms in total. The van der Waals surface area contributed by atoms with Gasteiger partial charge in [0, 0.05) is 37.1 Å². The van der Waals surface area contributed by atoms with Crippen LogP contribution in [0.25, 0.3) is 16.8 Å². The van der Waals surface area contributed by atoms with Crippen LogP contribution in [0.3, 0.4) is 0 Å². The molecule has 1 aliphatic heterocycles. The first kappa shape index (κ1) is 19.1. The van der Waals surface area contributed by atoms with Gasteiger partial charge in [0.1, 0.15) is 6.61 Å². The number of hydrogen-bond donors (Lipinski definition) is 2. The third-order valence-electron chi connectivity index (χ3n) is 4.82. The summed E-state index contributed by atoms with van der Waals surface area (Å²) in [6.45, 7) is 6.05. The van der Waals surface area contributed by atoms with Gasteiger partial charge < -0.3 is 10.1 Å². The van der Waals surface area contributed by atoms with Crippen molar-refractivity contribution in [1.82, 2.24) is 29.8 Å². The Morgan fingerprint density at radius 1 is 1.24 bits per heavy atom. The molecule has 1 fully saturated rings. The fourth-order valence-electron chi connectivity index (χ4n) is 3.40. The summed E-state index contributed by atoms with van der Waals surface area (Å²) in [7, 11) is 0. The maximum atomic E-state index is 11.8. The van der Waals surface area contributed by atoms with Gasteiger partial charge in [0.05, 0.1) is 0 Å². The lowest BCUT2D eigenvalue weighted by molar-refractivity contribution is 0.228. The predicted molar refractivity (Wildman–Crippen MR) is 110 cm³/mol. The van der Waals surface area contributed by atoms with Gasteiger partial charge in [-0.1, -0.05) is 6.07 Å². The number of pyridine rings is 2. The summed E-state index contributed by atoms with van der Waals surface area (Å²) in [4.78, 5) is 22.9. The van der Waals surface area contributed by atoms with E-state index in [0.29, 0.717) is 24.7 Å². The van der Waals surface area contributed by atoms with Gasteiger partial charge in [-0.3, -0.25) is 15.2 Å². The molecule has 4 rings (SSSR count). The van der Waals surface area contributed by atoms with Crippen LogP contribution in [-0.4, -0.2) is 63.3 Å². The maximum absolute atomic E-state index is 11.8. The van der Waals surface area contributed by atoms with Gasteiger partial charge in [-0.25, -0.2) is 4.79 Å². The minimum absolute atomic E-state index is 0.226. The Morgan fingerprint density at radius 2 is 2.10 bits per heavy atom. The van der Waals surface area contributed by atoms with Crippen LogP contribution in [0.15, 0.2) is 36.7 Å². The van der Waals surface area contributed by atoms with Gasteiger partial charge in [-0.15, -0.1) is 5.10 Å². The number of aromatic nitrogens is 4. The molecule has 0 radical (unpaired) electrons. The van der Waals surface area contributed by atoms with E-state index in [1.807, 2.05) is 31.2 Å². The van der Waals surface area contributed by atoms with Crippen LogP contribution in [0, 0.1) is 0 Å². The second kappa shape index (κ2) is 8.87. The average Bonchev–Trinajstić information content (AvgIpc) is 3.38. The third kappa shape index (κ3) is 4.62. The number of hydrogen-bond acceptors (Lipinski definition) is 6. The Balaban J connectivity index is 1.61. The van der Waals surface area contributed by atoms with Crippen molar-refractivity contribution in [2.75, 3.05) is 38.1 Å². The largest absolute Gasteiger partial charge is 0.476 e. The van der Waals surface area contributed by atoms with E-state index in [2.05, 4.69) is 30.6 Å². The molecule has 0 saturated carbocycles. The number of urea groups is 1. The van der Waals surface area contributed by atoms with Crippen molar-refractivity contribution >= 4 is 17.6 Å². The van der Waals surface area contributed by atoms with Crippen LogP contribution in [0.4, 0.5) is 10.7 Å². The summed E-state index contributed by atoms with van der Waals surface area (Å²) in [6, 6.07) is 7.36. The Bertz CT molecular complexity index is 968. The van der Waals surface area contributed by atoms with Crippen LogP contribution < -0.4 is 15.4 Å². The van der Waals surface area contributed by atoms with Crippen molar-refractivity contribution in [2.24, 2.45) is 0 Å². The fraction of sp³-hybridized carbons (Fsp3) is 0.400. The summed E-state index contributed by atoms with van der Waals surface area (Å²) >= 11 is 0. The molecular formula is C20H25N7O2. The second-order valence-electron chi connectivity index (χ2n) is 6.91. The molecule has 9 heteroatoms. The molecule has 4 heterocycles. The van der Waals surface area contributed by atoms with E-state index in [4.69, 9.17) is 4.74 Å². The standard InChI is InChI=1S/C20H25N7O2/c1-2-22-20(28)24-19-23-17-12-16(15-6-5-7-21-14-15)13-18(27(17)25-19)29-11-10-26-8-3-4-9-26/h5-7,12-14H,2-4,8-11H2,1H3,(H2,22,24,25,28). The van der Waals surface area contributed by atoms with Gasteiger partial charge in [0.2, 0.25) is 5.88 Å². The molecule has 0 aliphatic carbocycles. The summed E-state index contributed by atoms with van der Waals surface area (Å²) in [5.41, 5.74) is 2.48. The van der Waals surface area contributed by atoms with Crippen molar-refractivity contribution in [1.29, 1.82) is 0 Å². The zero-order chi connectivity index (χ0) is 20.1. The highest BCUT2D eigenvalue weighted by Gasteiger charge is 2.15. The van der Waals surface area contributed by atoms with Gasteiger partial charge in [0.25, 0.3) is 5.95 Å². The Morgan fingerprint density at radius 3 is 2.86 bits per heavy atom. The summed E-state index contributed by atoms with van der Waals surface area (Å²) in [6.07, 6.45) is 6.03. The van der Waals surface area contributed by atoms with Crippen LogP contribution in [-0.2, 0) is 0 Å². The highest BCUT2D eigenvalue weighted by molar-refractivity contribution is 5.87. The van der Waals surface area contributed by atoms with E-state index >= 15 is 0 Å². The maximum Gasteiger partial charge on any atom is 0.321 e.